The molecule has 7 nitrogen and oxygen atoms in total. The standard InChI is InChI=1S/C24H21F5N4O3S/c1-11-9-16(13-7-8-13)18(25)19(26)20(11)36-23-17(12(2)21(32-33-23)24(27,28)29)22(34)31-14-5-4-6-15(10-14)37(3,30)35/h4-6,9-10,13,30H,7-8H2,1-3H3,(H,31,34). The van der Waals surface area contributed by atoms with Crippen molar-refractivity contribution in [1.82, 2.24) is 10.2 Å². The van der Waals surface area contributed by atoms with Gasteiger partial charge >= 0.3 is 6.18 Å². The Hall–Kier alpha value is -3.61. The average Bonchev–Trinajstić information content (AvgIpc) is 3.63. The lowest BCUT2D eigenvalue weighted by atomic mass is 10.0. The second kappa shape index (κ2) is 9.36. The van der Waals surface area contributed by atoms with Gasteiger partial charge in [-0.25, -0.2) is 13.4 Å². The van der Waals surface area contributed by atoms with Gasteiger partial charge in [-0.1, -0.05) is 6.07 Å². The van der Waals surface area contributed by atoms with Crippen LogP contribution in [0, 0.1) is 30.3 Å². The monoisotopic (exact) mass is 540 g/mol. The number of carbonyl (C=O) groups excluding carboxylic acids is 1. The first-order valence-electron chi connectivity index (χ1n) is 10.9. The third-order valence-electron chi connectivity index (χ3n) is 5.81. The molecule has 0 spiro atoms. The summed E-state index contributed by atoms with van der Waals surface area (Å²) in [6.07, 6.45) is -2.39. The first-order chi connectivity index (χ1) is 17.2. The van der Waals surface area contributed by atoms with Crippen LogP contribution in [0.4, 0.5) is 27.6 Å². The molecule has 1 aliphatic carbocycles. The van der Waals surface area contributed by atoms with Crippen molar-refractivity contribution < 1.29 is 35.7 Å². The lowest BCUT2D eigenvalue weighted by Crippen LogP contribution is -2.21. The van der Waals surface area contributed by atoms with Crippen molar-refractivity contribution in [2.45, 2.75) is 43.7 Å². The van der Waals surface area contributed by atoms with Gasteiger partial charge < -0.3 is 10.1 Å². The van der Waals surface area contributed by atoms with Crippen LogP contribution in [-0.4, -0.2) is 26.6 Å². The van der Waals surface area contributed by atoms with Crippen LogP contribution >= 0.6 is 0 Å². The summed E-state index contributed by atoms with van der Waals surface area (Å²) in [6, 6.07) is 6.80. The van der Waals surface area contributed by atoms with Crippen LogP contribution in [0.5, 0.6) is 11.6 Å². The summed E-state index contributed by atoms with van der Waals surface area (Å²) in [5.41, 5.74) is -2.46. The number of aromatic nitrogens is 2. The van der Waals surface area contributed by atoms with Crippen LogP contribution in [0.15, 0.2) is 35.2 Å². The molecule has 1 unspecified atom stereocenters. The van der Waals surface area contributed by atoms with Gasteiger partial charge in [0.05, 0.1) is 9.73 Å². The largest absolute Gasteiger partial charge is 0.435 e. The molecule has 3 aromatic rings. The van der Waals surface area contributed by atoms with Gasteiger partial charge in [-0.2, -0.15) is 17.6 Å². The number of nitrogens with zero attached hydrogens (tertiary/aromatic N) is 2. The average molecular weight is 541 g/mol. The zero-order chi connectivity index (χ0) is 27.3. The molecule has 1 aromatic heterocycles. The van der Waals surface area contributed by atoms with E-state index in [0.29, 0.717) is 12.8 Å². The number of rotatable bonds is 6. The highest BCUT2D eigenvalue weighted by Gasteiger charge is 2.39. The quantitative estimate of drug-likeness (QED) is 0.355. The highest BCUT2D eigenvalue weighted by Crippen LogP contribution is 2.44. The Kier molecular flexibility index (Phi) is 6.69. The summed E-state index contributed by atoms with van der Waals surface area (Å²) in [4.78, 5) is 13.2. The molecule has 1 heterocycles. The summed E-state index contributed by atoms with van der Waals surface area (Å²) in [6.45, 7) is 2.40. The molecule has 0 saturated heterocycles. The lowest BCUT2D eigenvalue weighted by Gasteiger charge is -2.18. The molecule has 0 radical (unpaired) electrons. The summed E-state index contributed by atoms with van der Waals surface area (Å²) in [5.74, 6) is -5.12. The molecule has 13 heteroatoms. The van der Waals surface area contributed by atoms with E-state index in [-0.39, 0.29) is 27.6 Å². The SMILES string of the molecule is Cc1cc(C2CC2)c(F)c(F)c1Oc1nnc(C(F)(F)F)c(C)c1C(=O)Nc1cccc(S(C)(=N)=O)c1. The van der Waals surface area contributed by atoms with E-state index in [1.54, 1.807) is 0 Å². The molecule has 196 valence electrons. The van der Waals surface area contributed by atoms with Gasteiger partial charge in [-0.3, -0.25) is 4.79 Å². The smallest absolute Gasteiger partial charge is 0.433 e. The number of aryl methyl sites for hydroxylation is 1. The fourth-order valence-electron chi connectivity index (χ4n) is 3.79. The zero-order valence-electron chi connectivity index (χ0n) is 19.8. The van der Waals surface area contributed by atoms with Gasteiger partial charge in [0.25, 0.3) is 11.8 Å². The summed E-state index contributed by atoms with van der Waals surface area (Å²) >= 11 is 0. The Morgan fingerprint density at radius 2 is 1.81 bits per heavy atom. The van der Waals surface area contributed by atoms with Crippen LogP contribution < -0.4 is 10.1 Å². The van der Waals surface area contributed by atoms with E-state index in [9.17, 15) is 31.0 Å². The summed E-state index contributed by atoms with van der Waals surface area (Å²) < 4.78 is 95.3. The topological polar surface area (TPSA) is 105 Å². The fourth-order valence-corrected chi connectivity index (χ4v) is 4.48. The number of hydrogen-bond acceptors (Lipinski definition) is 6. The van der Waals surface area contributed by atoms with Crippen molar-refractivity contribution in [2.75, 3.05) is 11.6 Å². The Bertz CT molecular complexity index is 1520. The van der Waals surface area contributed by atoms with Crippen LogP contribution in [-0.2, 0) is 15.9 Å². The van der Waals surface area contributed by atoms with Gasteiger partial charge in [-0.05, 0) is 73.6 Å². The molecular formula is C24H21F5N4O3S. The number of halogens is 5. The minimum absolute atomic E-state index is 0.0298. The zero-order valence-corrected chi connectivity index (χ0v) is 20.6. The highest BCUT2D eigenvalue weighted by molar-refractivity contribution is 7.91. The minimum atomic E-state index is -4.97. The van der Waals surface area contributed by atoms with E-state index in [2.05, 4.69) is 15.5 Å². The van der Waals surface area contributed by atoms with Crippen molar-refractivity contribution in [2.24, 2.45) is 0 Å². The number of carbonyl (C=O) groups is 1. The van der Waals surface area contributed by atoms with E-state index in [1.807, 2.05) is 0 Å². The number of ether oxygens (including phenoxy) is 1. The fraction of sp³-hybridized carbons (Fsp3) is 0.292. The maximum absolute atomic E-state index is 14.9. The van der Waals surface area contributed by atoms with Crippen molar-refractivity contribution >= 4 is 21.3 Å². The van der Waals surface area contributed by atoms with Crippen LogP contribution in [0.2, 0.25) is 0 Å². The molecular weight excluding hydrogens is 519 g/mol. The predicted octanol–water partition coefficient (Wildman–Crippen LogP) is 6.35. The third kappa shape index (κ3) is 5.41. The van der Waals surface area contributed by atoms with Crippen molar-refractivity contribution in [1.29, 1.82) is 4.78 Å². The van der Waals surface area contributed by atoms with E-state index in [1.165, 1.54) is 37.3 Å². The molecule has 1 amide bonds. The van der Waals surface area contributed by atoms with Crippen LogP contribution in [0.1, 0.15) is 51.5 Å². The molecule has 37 heavy (non-hydrogen) atoms. The molecule has 1 saturated carbocycles. The molecule has 2 N–H and O–H groups in total. The Morgan fingerprint density at radius 1 is 1.14 bits per heavy atom. The number of nitrogens with one attached hydrogen (secondary N) is 2. The van der Waals surface area contributed by atoms with Gasteiger partial charge in [0.1, 0.15) is 5.56 Å². The Balaban J connectivity index is 1.79. The molecule has 2 aromatic carbocycles. The number of anilines is 1. The van der Waals surface area contributed by atoms with E-state index >= 15 is 0 Å². The molecule has 1 aliphatic rings. The van der Waals surface area contributed by atoms with E-state index in [0.717, 1.165) is 13.2 Å². The van der Waals surface area contributed by atoms with Crippen molar-refractivity contribution in [3.8, 4) is 11.6 Å². The number of benzene rings is 2. The lowest BCUT2D eigenvalue weighted by molar-refractivity contribution is -0.142. The van der Waals surface area contributed by atoms with Crippen LogP contribution in [0.3, 0.4) is 0 Å². The number of amides is 1. The summed E-state index contributed by atoms with van der Waals surface area (Å²) in [7, 11) is -3.15. The first-order valence-corrected chi connectivity index (χ1v) is 12.9. The van der Waals surface area contributed by atoms with Gasteiger partial charge in [0, 0.05) is 16.8 Å². The molecule has 0 aliphatic heterocycles. The second-order valence-electron chi connectivity index (χ2n) is 8.79. The number of alkyl halides is 3. The maximum Gasteiger partial charge on any atom is 0.435 e. The van der Waals surface area contributed by atoms with E-state index < -0.39 is 61.9 Å². The Morgan fingerprint density at radius 3 is 2.41 bits per heavy atom. The third-order valence-corrected chi connectivity index (χ3v) is 6.97. The van der Waals surface area contributed by atoms with Gasteiger partial charge in [0.2, 0.25) is 5.82 Å². The second-order valence-corrected chi connectivity index (χ2v) is 11.0. The molecule has 4 rings (SSSR count). The molecule has 1 fully saturated rings. The number of hydrogen-bond donors (Lipinski definition) is 2. The molecule has 0 bridgehead atoms. The summed E-state index contributed by atoms with van der Waals surface area (Å²) in [5, 5.41) is 8.86. The molecule has 1 atom stereocenters. The first kappa shape index (κ1) is 26.5. The van der Waals surface area contributed by atoms with Crippen LogP contribution in [0.25, 0.3) is 0 Å². The predicted molar refractivity (Wildman–Crippen MR) is 124 cm³/mol. The minimum Gasteiger partial charge on any atom is -0.433 e. The van der Waals surface area contributed by atoms with Crippen molar-refractivity contribution in [3.63, 3.8) is 0 Å². The van der Waals surface area contributed by atoms with E-state index in [4.69, 9.17) is 9.52 Å². The van der Waals surface area contributed by atoms with Crippen molar-refractivity contribution in [3.05, 3.63) is 69.9 Å². The highest BCUT2D eigenvalue weighted by atomic mass is 32.2. The Labute approximate surface area is 209 Å². The van der Waals surface area contributed by atoms with Gasteiger partial charge in [-0.15, -0.1) is 10.2 Å². The van der Waals surface area contributed by atoms with Gasteiger partial charge in [0.15, 0.2) is 17.3 Å². The normalized spacial score (nSPS) is 15.2. The maximum atomic E-state index is 14.9.